The summed E-state index contributed by atoms with van der Waals surface area (Å²) in [6.45, 7) is 2.83. The Kier molecular flexibility index (Phi) is 12.2. The molecule has 6 atom stereocenters. The Balaban J connectivity index is 1.14. The molecule has 5 aromatic rings. The lowest BCUT2D eigenvalue weighted by Gasteiger charge is -2.37. The van der Waals surface area contributed by atoms with Gasteiger partial charge in [-0.25, -0.2) is 9.59 Å². The zero-order chi connectivity index (χ0) is 41.0. The number of aliphatic hydroxyl groups excluding tert-OH is 1. The number of aryl methyl sites for hydroxylation is 2. The van der Waals surface area contributed by atoms with E-state index < -0.39 is 65.0 Å². The lowest BCUT2D eigenvalue weighted by Crippen LogP contribution is -2.39. The first kappa shape index (κ1) is 40.6. The molecule has 0 radical (unpaired) electrons. The van der Waals surface area contributed by atoms with E-state index in [1.807, 2.05) is 78.9 Å². The van der Waals surface area contributed by atoms with E-state index in [0.29, 0.717) is 22.6 Å². The van der Waals surface area contributed by atoms with E-state index >= 15 is 0 Å². The van der Waals surface area contributed by atoms with Crippen LogP contribution in [0.5, 0.6) is 11.5 Å². The third-order valence-electron chi connectivity index (χ3n) is 10.6. The van der Waals surface area contributed by atoms with Crippen molar-refractivity contribution < 1.29 is 38.3 Å². The SMILES string of the molecule is COc1ccc(C(OC[C@H]2O[C@@H](n3cc(C)c(=O)[nH]c3=O)C[C@@H]2OCOC[C@H]2O[C@@H](n3cc(C)c(=O)[nH]c3=O)C[C@@H]2O)(c2ccccc2)c2ccc(OC)cc2)cc1. The van der Waals surface area contributed by atoms with Crippen molar-refractivity contribution in [2.45, 2.75) is 69.2 Å². The summed E-state index contributed by atoms with van der Waals surface area (Å²) in [5.74, 6) is 1.34. The summed E-state index contributed by atoms with van der Waals surface area (Å²) in [5, 5.41) is 10.8. The normalized spacial score (nSPS) is 21.9. The van der Waals surface area contributed by atoms with Crippen molar-refractivity contribution in [3.63, 3.8) is 0 Å². The summed E-state index contributed by atoms with van der Waals surface area (Å²) in [5.41, 5.74) is -0.334. The van der Waals surface area contributed by atoms with Crippen LogP contribution < -0.4 is 32.0 Å². The van der Waals surface area contributed by atoms with Crippen LogP contribution in [0.15, 0.2) is 110 Å². The van der Waals surface area contributed by atoms with Gasteiger partial charge in [-0.1, -0.05) is 54.6 Å². The molecule has 0 unspecified atom stereocenters. The standard InChI is InChI=1S/C42H46N4O12/c1-25-20-45(40(50)43-38(25)48)36-18-32(47)34(57-36)22-54-24-55-33-19-37(46-21-26(2)39(49)44-41(46)51)58-35(33)23-56-42(27-8-6-5-7-9-27,28-10-14-30(52-3)15-11-28)29-12-16-31(53-4)17-13-29/h5-17,20-21,32-37,47H,18-19,22-24H2,1-4H3,(H,43,48,50)(H,44,49,51)/t32-,33-,34+,35+,36+,37+/m0/s1. The van der Waals surface area contributed by atoms with Gasteiger partial charge < -0.3 is 38.3 Å². The quantitative estimate of drug-likeness (QED) is 0.0798. The van der Waals surface area contributed by atoms with Gasteiger partial charge in [0.15, 0.2) is 0 Å². The lowest BCUT2D eigenvalue weighted by molar-refractivity contribution is -0.151. The molecular formula is C42H46N4O12. The van der Waals surface area contributed by atoms with Crippen LogP contribution in [0.4, 0.5) is 0 Å². The molecule has 0 aliphatic carbocycles. The fraction of sp³-hybridized carbons (Fsp3) is 0.381. The van der Waals surface area contributed by atoms with Crippen molar-refractivity contribution >= 4 is 0 Å². The second kappa shape index (κ2) is 17.5. The zero-order valence-electron chi connectivity index (χ0n) is 32.5. The first-order valence-corrected chi connectivity index (χ1v) is 18.8. The fourth-order valence-corrected chi connectivity index (χ4v) is 7.41. The Labute approximate surface area is 332 Å². The number of nitrogens with one attached hydrogen (secondary N) is 2. The topological polar surface area (TPSA) is 195 Å². The maximum Gasteiger partial charge on any atom is 0.330 e. The van der Waals surface area contributed by atoms with Gasteiger partial charge in [0.05, 0.1) is 39.6 Å². The van der Waals surface area contributed by atoms with E-state index in [-0.39, 0.29) is 32.8 Å². The highest BCUT2D eigenvalue weighted by molar-refractivity contribution is 5.49. The highest BCUT2D eigenvalue weighted by Crippen LogP contribution is 2.43. The molecule has 2 aliphatic rings. The number of aliphatic hydroxyl groups is 1. The summed E-state index contributed by atoms with van der Waals surface area (Å²) < 4.78 is 45.3. The largest absolute Gasteiger partial charge is 0.497 e. The molecule has 0 spiro atoms. The number of ether oxygens (including phenoxy) is 7. The zero-order valence-corrected chi connectivity index (χ0v) is 32.5. The van der Waals surface area contributed by atoms with Crippen molar-refractivity contribution in [1.82, 2.24) is 19.1 Å². The highest BCUT2D eigenvalue weighted by atomic mass is 16.7. The minimum atomic E-state index is -1.17. The number of H-pyrrole nitrogens is 2. The monoisotopic (exact) mass is 798 g/mol. The minimum absolute atomic E-state index is 0.0231. The van der Waals surface area contributed by atoms with Crippen LogP contribution in [0, 0.1) is 13.8 Å². The van der Waals surface area contributed by atoms with Crippen molar-refractivity contribution in [2.24, 2.45) is 0 Å². The molecular weight excluding hydrogens is 752 g/mol. The van der Waals surface area contributed by atoms with Gasteiger partial charge in [0.25, 0.3) is 11.1 Å². The summed E-state index contributed by atoms with van der Waals surface area (Å²) in [6, 6.07) is 25.0. The molecule has 2 saturated heterocycles. The molecule has 58 heavy (non-hydrogen) atoms. The van der Waals surface area contributed by atoms with Crippen LogP contribution in [-0.2, 0) is 29.3 Å². The molecule has 0 saturated carbocycles. The van der Waals surface area contributed by atoms with E-state index in [1.165, 1.54) is 21.5 Å². The van der Waals surface area contributed by atoms with Crippen LogP contribution in [0.2, 0.25) is 0 Å². The fourth-order valence-electron chi connectivity index (χ4n) is 7.41. The first-order chi connectivity index (χ1) is 28.0. The van der Waals surface area contributed by atoms with Gasteiger partial charge in [-0.05, 0) is 54.8 Å². The second-order valence-electron chi connectivity index (χ2n) is 14.3. The van der Waals surface area contributed by atoms with Crippen molar-refractivity contribution in [3.8, 4) is 11.5 Å². The number of hydrogen-bond donors (Lipinski definition) is 3. The van der Waals surface area contributed by atoms with Gasteiger partial charge in [-0.3, -0.25) is 28.7 Å². The average molecular weight is 799 g/mol. The van der Waals surface area contributed by atoms with Gasteiger partial charge in [0.2, 0.25) is 0 Å². The van der Waals surface area contributed by atoms with Gasteiger partial charge in [-0.2, -0.15) is 0 Å². The van der Waals surface area contributed by atoms with Gasteiger partial charge in [-0.15, -0.1) is 0 Å². The predicted octanol–water partition coefficient (Wildman–Crippen LogP) is 3.02. The Morgan fingerprint density at radius 3 is 1.72 bits per heavy atom. The predicted molar refractivity (Wildman–Crippen MR) is 209 cm³/mol. The van der Waals surface area contributed by atoms with E-state index in [1.54, 1.807) is 28.1 Å². The van der Waals surface area contributed by atoms with Crippen molar-refractivity contribution in [2.75, 3.05) is 34.2 Å². The molecule has 7 rings (SSSR count). The lowest BCUT2D eigenvalue weighted by atomic mass is 9.80. The molecule has 0 bridgehead atoms. The highest BCUT2D eigenvalue weighted by Gasteiger charge is 2.43. The van der Waals surface area contributed by atoms with Crippen LogP contribution in [0.3, 0.4) is 0 Å². The van der Waals surface area contributed by atoms with E-state index in [9.17, 15) is 24.3 Å². The molecule has 3 N–H and O–H groups in total. The maximum absolute atomic E-state index is 13.0. The number of rotatable bonds is 15. The first-order valence-electron chi connectivity index (χ1n) is 18.8. The van der Waals surface area contributed by atoms with Gasteiger partial charge in [0.1, 0.15) is 48.6 Å². The van der Waals surface area contributed by atoms with E-state index in [0.717, 1.165) is 16.7 Å². The van der Waals surface area contributed by atoms with Crippen LogP contribution >= 0.6 is 0 Å². The molecule has 16 nitrogen and oxygen atoms in total. The second-order valence-corrected chi connectivity index (χ2v) is 14.3. The van der Waals surface area contributed by atoms with Crippen molar-refractivity contribution in [3.05, 3.63) is 161 Å². The molecule has 2 fully saturated rings. The Hall–Kier alpha value is -5.62. The molecule has 3 aromatic carbocycles. The number of aromatic amines is 2. The summed E-state index contributed by atoms with van der Waals surface area (Å²) in [6.07, 6.45) is -1.64. The third-order valence-corrected chi connectivity index (χ3v) is 10.6. The molecule has 2 aliphatic heterocycles. The number of nitrogens with zero attached hydrogens (tertiary/aromatic N) is 2. The number of methoxy groups -OCH3 is 2. The van der Waals surface area contributed by atoms with Gasteiger partial charge >= 0.3 is 11.4 Å². The van der Waals surface area contributed by atoms with Crippen LogP contribution in [-0.4, -0.2) is 82.9 Å². The number of aromatic nitrogens is 4. The minimum Gasteiger partial charge on any atom is -0.497 e. The maximum atomic E-state index is 13.0. The third kappa shape index (κ3) is 8.34. The van der Waals surface area contributed by atoms with E-state index in [2.05, 4.69) is 9.97 Å². The van der Waals surface area contributed by atoms with Gasteiger partial charge in [0, 0.05) is 36.4 Å². The Morgan fingerprint density at radius 2 is 1.19 bits per heavy atom. The molecule has 306 valence electrons. The van der Waals surface area contributed by atoms with Crippen LogP contribution in [0.1, 0.15) is 53.1 Å². The number of hydrogen-bond acceptors (Lipinski definition) is 12. The molecule has 16 heteroatoms. The number of benzene rings is 3. The van der Waals surface area contributed by atoms with E-state index in [4.69, 9.17) is 33.2 Å². The Morgan fingerprint density at radius 1 is 0.690 bits per heavy atom. The summed E-state index contributed by atoms with van der Waals surface area (Å²) >= 11 is 0. The average Bonchev–Trinajstić information content (AvgIpc) is 3.82. The van der Waals surface area contributed by atoms with Crippen LogP contribution in [0.25, 0.3) is 0 Å². The molecule has 4 heterocycles. The summed E-state index contributed by atoms with van der Waals surface area (Å²) in [7, 11) is 3.20. The molecule has 0 amide bonds. The summed E-state index contributed by atoms with van der Waals surface area (Å²) in [4.78, 5) is 54.2. The molecule has 2 aromatic heterocycles. The van der Waals surface area contributed by atoms with Crippen molar-refractivity contribution in [1.29, 1.82) is 0 Å². The smallest absolute Gasteiger partial charge is 0.330 e. The Bertz CT molecular complexity index is 2360.